The molecule has 0 amide bonds. The number of carbonyl (C=O) groups excluding carboxylic acids is 1. The van der Waals surface area contributed by atoms with Crippen LogP contribution in [0.5, 0.6) is 0 Å². The molecule has 1 unspecified atom stereocenters. The number of hydrogen-bond donors (Lipinski definition) is 3. The summed E-state index contributed by atoms with van der Waals surface area (Å²) in [5.74, 6) is -0.137. The highest BCUT2D eigenvalue weighted by atomic mass is 17.0. The van der Waals surface area contributed by atoms with Crippen molar-refractivity contribution in [3.8, 4) is 0 Å². The second-order valence-corrected chi connectivity index (χ2v) is 1.69. The normalized spacial score (nSPS) is 11.2. The van der Waals surface area contributed by atoms with Crippen molar-refractivity contribution in [2.45, 2.75) is 13.8 Å². The van der Waals surface area contributed by atoms with Crippen LogP contribution in [0.2, 0.25) is 0 Å². The van der Waals surface area contributed by atoms with Crippen LogP contribution in [0.1, 0.15) is 13.8 Å². The fraction of sp³-hybridized carbons (Fsp3) is 0.800. The van der Waals surface area contributed by atoms with Gasteiger partial charge >= 0.3 is 0 Å². The highest BCUT2D eigenvalue weighted by molar-refractivity contribution is 5.77. The Labute approximate surface area is 53.7 Å². The number of Topliss-reactive ketones (excluding diaryl/α,β-unsaturated/α-hetero) is 1. The van der Waals surface area contributed by atoms with Crippen LogP contribution in [0.15, 0.2) is 0 Å². The van der Waals surface area contributed by atoms with E-state index in [1.807, 2.05) is 0 Å². The van der Waals surface area contributed by atoms with Crippen molar-refractivity contribution in [3.63, 3.8) is 0 Å². The molecule has 0 fully saturated rings. The van der Waals surface area contributed by atoms with Crippen LogP contribution in [0, 0.1) is 5.92 Å². The quantitative estimate of drug-likeness (QED) is 0.375. The molecule has 0 aromatic rings. The molecular weight excluding hydrogens is 124 g/mol. The Kier molecular flexibility index (Phi) is 9.53. The predicted molar refractivity (Wildman–Crippen MR) is 32.2 cm³/mol. The van der Waals surface area contributed by atoms with Gasteiger partial charge in [0.25, 0.3) is 0 Å². The number of ketones is 1. The van der Waals surface area contributed by atoms with Gasteiger partial charge in [0.15, 0.2) is 0 Å². The Hall–Kier alpha value is -0.450. The van der Waals surface area contributed by atoms with Gasteiger partial charge in [0.2, 0.25) is 0 Å². The van der Waals surface area contributed by atoms with Crippen molar-refractivity contribution in [1.82, 2.24) is 0 Å². The Balaban J connectivity index is 0. The average Bonchev–Trinajstić information content (AvgIpc) is 1.91. The molecule has 0 aromatic heterocycles. The Bertz CT molecular complexity index is 71.4. The van der Waals surface area contributed by atoms with Crippen molar-refractivity contribution in [3.05, 3.63) is 0 Å². The third-order valence-electron chi connectivity index (χ3n) is 0.968. The third kappa shape index (κ3) is 7.55. The van der Waals surface area contributed by atoms with Gasteiger partial charge in [0, 0.05) is 5.92 Å². The first kappa shape index (κ1) is 11.4. The topological polar surface area (TPSA) is 77.8 Å². The maximum atomic E-state index is 10.2. The monoisotopic (exact) mass is 136 g/mol. The first-order chi connectivity index (χ1) is 4.18. The Morgan fingerprint density at radius 2 is 1.89 bits per heavy atom. The maximum Gasteiger partial charge on any atom is 0.134 e. The van der Waals surface area contributed by atoms with Crippen LogP contribution in [0.4, 0.5) is 0 Å². The molecular formula is C5H12O4. The average molecular weight is 136 g/mol. The largest absolute Gasteiger partial charge is 0.396 e. The summed E-state index contributed by atoms with van der Waals surface area (Å²) < 4.78 is 0. The minimum atomic E-state index is -0.181. The van der Waals surface area contributed by atoms with Crippen LogP contribution in [-0.2, 0) is 4.79 Å². The number of rotatable bonds is 2. The molecule has 0 aliphatic carbocycles. The summed E-state index contributed by atoms with van der Waals surface area (Å²) in [4.78, 5) is 10.2. The Morgan fingerprint density at radius 3 is 1.89 bits per heavy atom. The lowest BCUT2D eigenvalue weighted by molar-refractivity contribution is -0.176. The van der Waals surface area contributed by atoms with E-state index >= 15 is 0 Å². The summed E-state index contributed by atoms with van der Waals surface area (Å²) in [5, 5.41) is 20.3. The molecule has 0 saturated carbocycles. The van der Waals surface area contributed by atoms with E-state index in [9.17, 15) is 4.79 Å². The fourth-order valence-electron chi connectivity index (χ4n) is 0.129. The molecule has 4 heteroatoms. The van der Waals surface area contributed by atoms with Gasteiger partial charge in [-0.25, -0.2) is 0 Å². The van der Waals surface area contributed by atoms with E-state index in [-0.39, 0.29) is 18.3 Å². The lowest BCUT2D eigenvalue weighted by atomic mass is 10.1. The molecule has 0 aliphatic heterocycles. The standard InChI is InChI=1S/C5H10O2.H2O2/c1-4(3-6)5(2)7;1-2/h4,6H,3H2,1-2H3;1-2H. The molecule has 0 saturated heterocycles. The van der Waals surface area contributed by atoms with Crippen LogP contribution >= 0.6 is 0 Å². The zero-order chi connectivity index (χ0) is 7.86. The van der Waals surface area contributed by atoms with Crippen molar-refractivity contribution < 1.29 is 20.4 Å². The predicted octanol–water partition coefficient (Wildman–Crippen LogP) is 0.221. The second-order valence-electron chi connectivity index (χ2n) is 1.69. The lowest BCUT2D eigenvalue weighted by Crippen LogP contribution is -2.09. The number of hydrogen-bond acceptors (Lipinski definition) is 4. The van der Waals surface area contributed by atoms with Gasteiger partial charge in [-0.3, -0.25) is 15.3 Å². The van der Waals surface area contributed by atoms with E-state index in [1.54, 1.807) is 6.92 Å². The first-order valence-corrected chi connectivity index (χ1v) is 2.49. The maximum absolute atomic E-state index is 10.2. The van der Waals surface area contributed by atoms with Gasteiger partial charge in [-0.05, 0) is 6.92 Å². The van der Waals surface area contributed by atoms with Gasteiger partial charge < -0.3 is 5.11 Å². The minimum Gasteiger partial charge on any atom is -0.396 e. The molecule has 0 bridgehead atoms. The van der Waals surface area contributed by atoms with E-state index in [2.05, 4.69) is 0 Å². The molecule has 0 aliphatic rings. The fourth-order valence-corrected chi connectivity index (χ4v) is 0.129. The molecule has 1 atom stereocenters. The summed E-state index contributed by atoms with van der Waals surface area (Å²) in [6.45, 7) is 3.14. The first-order valence-electron chi connectivity index (χ1n) is 2.49. The lowest BCUT2D eigenvalue weighted by Gasteiger charge is -1.97. The van der Waals surface area contributed by atoms with Crippen molar-refractivity contribution in [1.29, 1.82) is 0 Å². The summed E-state index contributed by atoms with van der Waals surface area (Å²) in [6, 6.07) is 0. The molecule has 9 heavy (non-hydrogen) atoms. The number of aliphatic hydroxyl groups excluding tert-OH is 1. The summed E-state index contributed by atoms with van der Waals surface area (Å²) in [5.41, 5.74) is 0. The van der Waals surface area contributed by atoms with Crippen LogP contribution in [-0.4, -0.2) is 28.0 Å². The zero-order valence-corrected chi connectivity index (χ0v) is 5.53. The van der Waals surface area contributed by atoms with E-state index in [0.29, 0.717) is 0 Å². The second kappa shape index (κ2) is 7.55. The molecule has 0 aromatic carbocycles. The van der Waals surface area contributed by atoms with Gasteiger partial charge in [-0.1, -0.05) is 6.92 Å². The highest BCUT2D eigenvalue weighted by Gasteiger charge is 2.02. The summed E-state index contributed by atoms with van der Waals surface area (Å²) in [6.07, 6.45) is 0. The van der Waals surface area contributed by atoms with Gasteiger partial charge in [-0.2, -0.15) is 0 Å². The van der Waals surface area contributed by atoms with Gasteiger partial charge in [0.1, 0.15) is 5.78 Å². The highest BCUT2D eigenvalue weighted by Crippen LogP contribution is 1.91. The summed E-state index contributed by atoms with van der Waals surface area (Å²) >= 11 is 0. The van der Waals surface area contributed by atoms with Gasteiger partial charge in [-0.15, -0.1) is 0 Å². The SMILES string of the molecule is CC(=O)C(C)CO.OO. The van der Waals surface area contributed by atoms with Crippen LogP contribution in [0.3, 0.4) is 0 Å². The van der Waals surface area contributed by atoms with E-state index in [4.69, 9.17) is 15.6 Å². The van der Waals surface area contributed by atoms with Crippen LogP contribution < -0.4 is 0 Å². The molecule has 0 spiro atoms. The smallest absolute Gasteiger partial charge is 0.134 e. The molecule has 4 nitrogen and oxygen atoms in total. The molecule has 56 valence electrons. The Morgan fingerprint density at radius 1 is 1.56 bits per heavy atom. The van der Waals surface area contributed by atoms with E-state index < -0.39 is 0 Å². The minimum absolute atomic E-state index is 0.0324. The summed E-state index contributed by atoms with van der Waals surface area (Å²) in [7, 11) is 0. The van der Waals surface area contributed by atoms with Crippen molar-refractivity contribution >= 4 is 5.78 Å². The zero-order valence-electron chi connectivity index (χ0n) is 5.53. The third-order valence-corrected chi connectivity index (χ3v) is 0.968. The molecule has 0 rings (SSSR count). The molecule has 3 N–H and O–H groups in total. The molecule has 0 heterocycles. The van der Waals surface area contributed by atoms with Crippen LogP contribution in [0.25, 0.3) is 0 Å². The van der Waals surface area contributed by atoms with Gasteiger partial charge in [0.05, 0.1) is 6.61 Å². The van der Waals surface area contributed by atoms with E-state index in [0.717, 1.165) is 0 Å². The number of carbonyl (C=O) groups is 1. The van der Waals surface area contributed by atoms with E-state index in [1.165, 1.54) is 6.92 Å². The van der Waals surface area contributed by atoms with Crippen molar-refractivity contribution in [2.24, 2.45) is 5.92 Å². The number of aliphatic hydroxyl groups is 1. The van der Waals surface area contributed by atoms with Crippen molar-refractivity contribution in [2.75, 3.05) is 6.61 Å². The molecule has 0 radical (unpaired) electrons.